The molecule has 4 nitrogen and oxygen atoms in total. The molecule has 0 amide bonds. The molecule has 70 valence electrons. The van der Waals surface area contributed by atoms with Crippen molar-refractivity contribution in [1.82, 2.24) is 9.97 Å². The summed E-state index contributed by atoms with van der Waals surface area (Å²) in [5.41, 5.74) is 0. The van der Waals surface area contributed by atoms with Gasteiger partial charge in [-0.3, -0.25) is 0 Å². The highest BCUT2D eigenvalue weighted by Gasteiger charge is 2.18. The van der Waals surface area contributed by atoms with Crippen LogP contribution in [0, 0.1) is 17.7 Å². The number of rotatable bonds is 1. The molecular weight excluding hydrogens is 189 g/mol. The molecule has 1 aromatic heterocycles. The average Bonchev–Trinajstić information content (AvgIpc) is 2.12. The van der Waals surface area contributed by atoms with Gasteiger partial charge in [-0.2, -0.15) is 23.1 Å². The third-order valence-corrected chi connectivity index (χ3v) is 1.14. The molecule has 13 heavy (non-hydrogen) atoms. The lowest BCUT2D eigenvalue weighted by molar-refractivity contribution is 0.0582. The molecule has 1 heterocycles. The Morgan fingerprint density at radius 2 is 1.69 bits per heavy atom. The summed E-state index contributed by atoms with van der Waals surface area (Å²) in [7, 11) is 0.977. The van der Waals surface area contributed by atoms with E-state index < -0.39 is 29.5 Å². The lowest BCUT2D eigenvalue weighted by atomic mass is 10.5. The van der Waals surface area contributed by atoms with Gasteiger partial charge >= 0.3 is 5.97 Å². The van der Waals surface area contributed by atoms with Crippen LogP contribution in [-0.2, 0) is 4.74 Å². The van der Waals surface area contributed by atoms with Gasteiger partial charge in [0.2, 0.25) is 11.6 Å². The first-order chi connectivity index (χ1) is 6.06. The van der Waals surface area contributed by atoms with Crippen molar-refractivity contribution in [2.75, 3.05) is 7.11 Å². The highest BCUT2D eigenvalue weighted by atomic mass is 19.2. The van der Waals surface area contributed by atoms with Crippen molar-refractivity contribution in [3.8, 4) is 0 Å². The molecule has 0 radical (unpaired) electrons. The predicted octanol–water partition coefficient (Wildman–Crippen LogP) is 0.681. The van der Waals surface area contributed by atoms with Crippen LogP contribution in [0.1, 0.15) is 10.6 Å². The minimum absolute atomic E-state index is 0.862. The van der Waals surface area contributed by atoms with Gasteiger partial charge in [0.15, 0.2) is 0 Å². The Kier molecular flexibility index (Phi) is 2.45. The number of hydrogen-bond acceptors (Lipinski definition) is 4. The second kappa shape index (κ2) is 3.38. The number of carbonyl (C=O) groups excluding carboxylic acids is 1. The Hall–Kier alpha value is -1.66. The van der Waals surface area contributed by atoms with E-state index in [1.54, 1.807) is 0 Å². The van der Waals surface area contributed by atoms with Crippen LogP contribution in [0.3, 0.4) is 0 Å². The van der Waals surface area contributed by atoms with Gasteiger partial charge in [-0.15, -0.1) is 0 Å². The van der Waals surface area contributed by atoms with Crippen LogP contribution < -0.4 is 0 Å². The second-order valence-electron chi connectivity index (χ2n) is 1.93. The summed E-state index contributed by atoms with van der Waals surface area (Å²) in [6.07, 6.45) is 0. The van der Waals surface area contributed by atoms with Gasteiger partial charge in [0, 0.05) is 0 Å². The van der Waals surface area contributed by atoms with Crippen molar-refractivity contribution in [2.45, 2.75) is 0 Å². The first-order valence-electron chi connectivity index (χ1n) is 3.03. The zero-order valence-electron chi connectivity index (χ0n) is 6.34. The minimum atomic E-state index is -1.83. The maximum absolute atomic E-state index is 12.4. The summed E-state index contributed by atoms with van der Waals surface area (Å²) in [5.74, 6) is -7.29. The lowest BCUT2D eigenvalue weighted by Crippen LogP contribution is -2.12. The van der Waals surface area contributed by atoms with Crippen molar-refractivity contribution < 1.29 is 22.7 Å². The maximum Gasteiger partial charge on any atom is 0.376 e. The van der Waals surface area contributed by atoms with Crippen LogP contribution in [0.2, 0.25) is 0 Å². The first-order valence-corrected chi connectivity index (χ1v) is 3.03. The topological polar surface area (TPSA) is 52.1 Å². The van der Waals surface area contributed by atoms with Gasteiger partial charge in [-0.25, -0.2) is 4.79 Å². The van der Waals surface area contributed by atoms with E-state index in [1.807, 2.05) is 0 Å². The lowest BCUT2D eigenvalue weighted by Gasteiger charge is -1.98. The van der Waals surface area contributed by atoms with E-state index in [4.69, 9.17) is 0 Å². The number of carbonyl (C=O) groups is 1. The van der Waals surface area contributed by atoms with E-state index in [2.05, 4.69) is 14.7 Å². The molecule has 7 heteroatoms. The smallest absolute Gasteiger partial charge is 0.376 e. The van der Waals surface area contributed by atoms with Crippen molar-refractivity contribution in [3.05, 3.63) is 23.5 Å². The maximum atomic E-state index is 12.4. The third kappa shape index (κ3) is 1.74. The van der Waals surface area contributed by atoms with Crippen molar-refractivity contribution in [2.24, 2.45) is 0 Å². The fourth-order valence-corrected chi connectivity index (χ4v) is 0.577. The predicted molar refractivity (Wildman–Crippen MR) is 33.2 cm³/mol. The minimum Gasteiger partial charge on any atom is -0.463 e. The van der Waals surface area contributed by atoms with Crippen LogP contribution in [0.5, 0.6) is 0 Å². The molecule has 0 saturated carbocycles. The number of halogens is 3. The van der Waals surface area contributed by atoms with Crippen molar-refractivity contribution >= 4 is 5.97 Å². The molecular formula is C6H3F3N2O2. The molecule has 0 saturated heterocycles. The number of ether oxygens (including phenoxy) is 1. The number of methoxy groups -OCH3 is 1. The zero-order chi connectivity index (χ0) is 10.0. The Labute approximate surface area is 70.4 Å². The van der Waals surface area contributed by atoms with Gasteiger partial charge in [0.05, 0.1) is 7.11 Å². The van der Waals surface area contributed by atoms with Crippen LogP contribution in [0.4, 0.5) is 13.2 Å². The summed E-state index contributed by atoms with van der Waals surface area (Å²) in [6, 6.07) is 0. The van der Waals surface area contributed by atoms with Gasteiger partial charge in [-0.05, 0) is 0 Å². The van der Waals surface area contributed by atoms with Crippen molar-refractivity contribution in [3.63, 3.8) is 0 Å². The van der Waals surface area contributed by atoms with Crippen LogP contribution in [0.25, 0.3) is 0 Å². The highest BCUT2D eigenvalue weighted by Crippen LogP contribution is 2.06. The van der Waals surface area contributed by atoms with Crippen molar-refractivity contribution in [1.29, 1.82) is 0 Å². The quantitative estimate of drug-likeness (QED) is 0.485. The first kappa shape index (κ1) is 9.43. The van der Waals surface area contributed by atoms with Gasteiger partial charge in [0.1, 0.15) is 0 Å². The Bertz CT molecular complexity index is 333. The fourth-order valence-electron chi connectivity index (χ4n) is 0.577. The van der Waals surface area contributed by atoms with Gasteiger partial charge < -0.3 is 4.74 Å². The molecule has 0 N–H and O–H groups in total. The molecule has 0 aliphatic carbocycles. The Morgan fingerprint density at radius 3 is 2.08 bits per heavy atom. The van der Waals surface area contributed by atoms with Crippen LogP contribution in [0.15, 0.2) is 0 Å². The molecule has 0 fully saturated rings. The van der Waals surface area contributed by atoms with Crippen LogP contribution >= 0.6 is 0 Å². The summed E-state index contributed by atoms with van der Waals surface area (Å²) in [6.45, 7) is 0. The van der Waals surface area contributed by atoms with E-state index in [-0.39, 0.29) is 0 Å². The van der Waals surface area contributed by atoms with E-state index >= 15 is 0 Å². The van der Waals surface area contributed by atoms with E-state index in [9.17, 15) is 18.0 Å². The molecule has 0 aliphatic heterocycles. The fraction of sp³-hybridized carbons (Fsp3) is 0.167. The number of nitrogens with zero attached hydrogens (tertiary/aromatic N) is 2. The summed E-state index contributed by atoms with van der Waals surface area (Å²) >= 11 is 0. The second-order valence-corrected chi connectivity index (χ2v) is 1.93. The number of esters is 1. The monoisotopic (exact) mass is 192 g/mol. The zero-order valence-corrected chi connectivity index (χ0v) is 6.34. The molecule has 1 aromatic rings. The third-order valence-electron chi connectivity index (χ3n) is 1.14. The molecule has 0 aliphatic rings. The number of aromatic nitrogens is 2. The summed E-state index contributed by atoms with van der Waals surface area (Å²) in [4.78, 5) is 16.1. The molecule has 0 bridgehead atoms. The normalized spacial score (nSPS) is 9.85. The molecule has 0 aromatic carbocycles. The molecule has 0 unspecified atom stereocenters. The SMILES string of the molecule is COC(=O)c1nc(F)c(F)c(F)n1. The summed E-state index contributed by atoms with van der Waals surface area (Å²) < 4.78 is 41.0. The molecule has 0 spiro atoms. The van der Waals surface area contributed by atoms with E-state index in [1.165, 1.54) is 0 Å². The van der Waals surface area contributed by atoms with Crippen LogP contribution in [-0.4, -0.2) is 23.0 Å². The van der Waals surface area contributed by atoms with E-state index in [0.29, 0.717) is 0 Å². The summed E-state index contributed by atoms with van der Waals surface area (Å²) in [5, 5.41) is 0. The largest absolute Gasteiger partial charge is 0.463 e. The van der Waals surface area contributed by atoms with Gasteiger partial charge in [-0.1, -0.05) is 0 Å². The number of hydrogen-bond donors (Lipinski definition) is 0. The highest BCUT2D eigenvalue weighted by molar-refractivity contribution is 5.84. The molecule has 1 rings (SSSR count). The van der Waals surface area contributed by atoms with E-state index in [0.717, 1.165) is 7.11 Å². The Morgan fingerprint density at radius 1 is 1.23 bits per heavy atom. The standard InChI is InChI=1S/C6H3F3N2O2/c1-13-6(12)5-10-3(8)2(7)4(9)11-5/h1H3. The molecule has 0 atom stereocenters. The van der Waals surface area contributed by atoms with Gasteiger partial charge in [0.25, 0.3) is 11.9 Å². The Balaban J connectivity index is 3.20. The average molecular weight is 192 g/mol.